The standard InChI is InChI=1S/C21H26BFN2O2S/c1-20(2)21(3,4)27-22(26-20)15-7-8-18(17(23)13-15)28-16-9-10-24-19(14-16)25-11-5-6-12-25/h7-10,13-14H,5-6,11-12H2,1-4H3. The SMILES string of the molecule is CC1(C)OB(c2ccc(Sc3ccnc(N4CCCC4)c3)c(F)c2)OC1(C)C. The van der Waals surface area contributed by atoms with E-state index in [0.29, 0.717) is 10.4 Å². The maximum Gasteiger partial charge on any atom is 0.494 e. The summed E-state index contributed by atoms with van der Waals surface area (Å²) in [5.74, 6) is 0.702. The molecule has 7 heteroatoms. The van der Waals surface area contributed by atoms with Crippen molar-refractivity contribution in [3.8, 4) is 0 Å². The molecule has 2 aliphatic heterocycles. The highest BCUT2D eigenvalue weighted by Gasteiger charge is 2.51. The molecule has 0 unspecified atom stereocenters. The van der Waals surface area contributed by atoms with Crippen LogP contribution in [0, 0.1) is 5.82 Å². The first-order valence-electron chi connectivity index (χ1n) is 9.79. The summed E-state index contributed by atoms with van der Waals surface area (Å²) in [5, 5.41) is 0. The van der Waals surface area contributed by atoms with Crippen LogP contribution in [0.2, 0.25) is 0 Å². The van der Waals surface area contributed by atoms with E-state index in [1.54, 1.807) is 12.3 Å². The molecule has 148 valence electrons. The minimum absolute atomic E-state index is 0.267. The fourth-order valence-electron chi connectivity index (χ4n) is 3.43. The molecule has 2 fully saturated rings. The Labute approximate surface area is 171 Å². The van der Waals surface area contributed by atoms with Crippen molar-refractivity contribution in [3.05, 3.63) is 42.3 Å². The van der Waals surface area contributed by atoms with Crippen molar-refractivity contribution in [2.75, 3.05) is 18.0 Å². The predicted octanol–water partition coefficient (Wildman–Crippen LogP) is 4.27. The molecular weight excluding hydrogens is 374 g/mol. The minimum Gasteiger partial charge on any atom is -0.399 e. The summed E-state index contributed by atoms with van der Waals surface area (Å²) < 4.78 is 26.9. The summed E-state index contributed by atoms with van der Waals surface area (Å²) in [5.41, 5.74) is -0.178. The summed E-state index contributed by atoms with van der Waals surface area (Å²) in [6.07, 6.45) is 4.20. The van der Waals surface area contributed by atoms with Crippen molar-refractivity contribution in [3.63, 3.8) is 0 Å². The van der Waals surface area contributed by atoms with Crippen molar-refractivity contribution in [1.29, 1.82) is 0 Å². The fourth-order valence-corrected chi connectivity index (χ4v) is 4.27. The molecule has 2 saturated heterocycles. The Morgan fingerprint density at radius 3 is 2.36 bits per heavy atom. The van der Waals surface area contributed by atoms with Crippen molar-refractivity contribution in [2.24, 2.45) is 0 Å². The lowest BCUT2D eigenvalue weighted by molar-refractivity contribution is 0.00578. The van der Waals surface area contributed by atoms with Crippen LogP contribution < -0.4 is 10.4 Å². The van der Waals surface area contributed by atoms with Gasteiger partial charge in [-0.2, -0.15) is 0 Å². The molecular formula is C21H26BFN2O2S. The van der Waals surface area contributed by atoms with E-state index in [1.807, 2.05) is 45.9 Å². The van der Waals surface area contributed by atoms with Crippen LogP contribution in [0.5, 0.6) is 0 Å². The molecule has 0 spiro atoms. The number of rotatable bonds is 4. The average molecular weight is 400 g/mol. The molecule has 3 heterocycles. The van der Waals surface area contributed by atoms with E-state index >= 15 is 0 Å². The highest BCUT2D eigenvalue weighted by molar-refractivity contribution is 7.99. The van der Waals surface area contributed by atoms with Crippen LogP contribution in [0.15, 0.2) is 46.3 Å². The monoisotopic (exact) mass is 400 g/mol. The van der Waals surface area contributed by atoms with E-state index in [1.165, 1.54) is 30.7 Å². The number of anilines is 1. The summed E-state index contributed by atoms with van der Waals surface area (Å²) in [7, 11) is -0.554. The summed E-state index contributed by atoms with van der Waals surface area (Å²) >= 11 is 1.41. The van der Waals surface area contributed by atoms with Gasteiger partial charge in [-0.25, -0.2) is 9.37 Å². The zero-order valence-electron chi connectivity index (χ0n) is 16.9. The average Bonchev–Trinajstić information content (AvgIpc) is 3.24. The molecule has 0 radical (unpaired) electrons. The molecule has 0 saturated carbocycles. The molecule has 0 bridgehead atoms. The van der Waals surface area contributed by atoms with Gasteiger partial charge in [0.1, 0.15) is 11.6 Å². The second-order valence-corrected chi connectivity index (χ2v) is 9.54. The molecule has 28 heavy (non-hydrogen) atoms. The van der Waals surface area contributed by atoms with Crippen LogP contribution in [0.3, 0.4) is 0 Å². The van der Waals surface area contributed by atoms with Gasteiger partial charge in [-0.3, -0.25) is 0 Å². The quantitative estimate of drug-likeness (QED) is 0.717. The molecule has 1 aromatic heterocycles. The first-order chi connectivity index (χ1) is 13.2. The topological polar surface area (TPSA) is 34.6 Å². The second kappa shape index (κ2) is 7.36. The van der Waals surface area contributed by atoms with Crippen LogP contribution in [-0.4, -0.2) is 36.4 Å². The first-order valence-corrected chi connectivity index (χ1v) is 10.6. The Morgan fingerprint density at radius 1 is 1.04 bits per heavy atom. The van der Waals surface area contributed by atoms with Crippen LogP contribution >= 0.6 is 11.8 Å². The Hall–Kier alpha value is -1.57. The number of halogens is 1. The lowest BCUT2D eigenvalue weighted by Crippen LogP contribution is -2.41. The molecule has 1 aromatic carbocycles. The highest BCUT2D eigenvalue weighted by Crippen LogP contribution is 2.37. The third-order valence-electron chi connectivity index (χ3n) is 5.86. The maximum atomic E-state index is 14.8. The molecule has 0 N–H and O–H groups in total. The second-order valence-electron chi connectivity index (χ2n) is 8.42. The molecule has 4 rings (SSSR count). The normalized spacial score (nSPS) is 20.8. The predicted molar refractivity (Wildman–Crippen MR) is 112 cm³/mol. The Bertz CT molecular complexity index is 855. The van der Waals surface area contributed by atoms with Gasteiger partial charge in [0.25, 0.3) is 0 Å². The van der Waals surface area contributed by atoms with E-state index < -0.39 is 18.3 Å². The number of hydrogen-bond acceptors (Lipinski definition) is 5. The molecule has 2 aromatic rings. The molecule has 4 nitrogen and oxygen atoms in total. The van der Waals surface area contributed by atoms with Gasteiger partial charge in [0.05, 0.1) is 11.2 Å². The molecule has 0 amide bonds. The van der Waals surface area contributed by atoms with Crippen LogP contribution in [-0.2, 0) is 9.31 Å². The van der Waals surface area contributed by atoms with Crippen LogP contribution in [0.4, 0.5) is 10.2 Å². The van der Waals surface area contributed by atoms with Crippen molar-refractivity contribution in [2.45, 2.75) is 61.5 Å². The van der Waals surface area contributed by atoms with Gasteiger partial charge in [-0.15, -0.1) is 0 Å². The van der Waals surface area contributed by atoms with E-state index in [0.717, 1.165) is 23.8 Å². The van der Waals surface area contributed by atoms with Crippen LogP contribution in [0.1, 0.15) is 40.5 Å². The molecule has 2 aliphatic rings. The third-order valence-corrected chi connectivity index (χ3v) is 6.90. The summed E-state index contributed by atoms with van der Waals surface area (Å²) in [6, 6.07) is 9.17. The Balaban J connectivity index is 1.51. The van der Waals surface area contributed by atoms with E-state index in [2.05, 4.69) is 9.88 Å². The fraction of sp³-hybridized carbons (Fsp3) is 0.476. The van der Waals surface area contributed by atoms with Crippen molar-refractivity contribution in [1.82, 2.24) is 4.98 Å². The van der Waals surface area contributed by atoms with E-state index in [4.69, 9.17) is 9.31 Å². The van der Waals surface area contributed by atoms with Gasteiger partial charge in [0, 0.05) is 29.1 Å². The van der Waals surface area contributed by atoms with Gasteiger partial charge < -0.3 is 14.2 Å². The highest BCUT2D eigenvalue weighted by atomic mass is 32.2. The molecule has 0 aliphatic carbocycles. The number of benzene rings is 1. The van der Waals surface area contributed by atoms with Crippen molar-refractivity contribution >= 4 is 30.2 Å². The largest absolute Gasteiger partial charge is 0.494 e. The summed E-state index contributed by atoms with van der Waals surface area (Å²) in [4.78, 5) is 8.31. The van der Waals surface area contributed by atoms with Gasteiger partial charge in [-0.05, 0) is 70.3 Å². The van der Waals surface area contributed by atoms with Gasteiger partial charge in [0.2, 0.25) is 0 Å². The van der Waals surface area contributed by atoms with Gasteiger partial charge in [0.15, 0.2) is 0 Å². The van der Waals surface area contributed by atoms with E-state index in [-0.39, 0.29) is 5.82 Å². The number of aromatic nitrogens is 1. The van der Waals surface area contributed by atoms with Gasteiger partial charge in [-0.1, -0.05) is 17.8 Å². The minimum atomic E-state index is -0.554. The lowest BCUT2D eigenvalue weighted by atomic mass is 9.79. The smallest absolute Gasteiger partial charge is 0.399 e. The number of nitrogens with zero attached hydrogens (tertiary/aromatic N) is 2. The molecule has 0 atom stereocenters. The maximum absolute atomic E-state index is 14.8. The van der Waals surface area contributed by atoms with E-state index in [9.17, 15) is 4.39 Å². The summed E-state index contributed by atoms with van der Waals surface area (Å²) in [6.45, 7) is 10.1. The number of pyridine rings is 1. The van der Waals surface area contributed by atoms with Gasteiger partial charge >= 0.3 is 7.12 Å². The number of hydrogen-bond donors (Lipinski definition) is 0. The lowest BCUT2D eigenvalue weighted by Gasteiger charge is -2.32. The Kier molecular flexibility index (Phi) is 5.19. The zero-order valence-corrected chi connectivity index (χ0v) is 17.7. The Morgan fingerprint density at radius 2 is 1.71 bits per heavy atom. The first kappa shape index (κ1) is 19.7. The third kappa shape index (κ3) is 3.80. The van der Waals surface area contributed by atoms with Crippen molar-refractivity contribution < 1.29 is 13.7 Å². The van der Waals surface area contributed by atoms with Crippen LogP contribution in [0.25, 0.3) is 0 Å². The zero-order chi connectivity index (χ0) is 19.9.